The first-order valence-electron chi connectivity index (χ1n) is 5.66. The third-order valence-electron chi connectivity index (χ3n) is 2.98. The van der Waals surface area contributed by atoms with Crippen LogP contribution in [0, 0.1) is 0 Å². The summed E-state index contributed by atoms with van der Waals surface area (Å²) in [4.78, 5) is 18.0. The molecular weight excluding hydrogens is 190 g/mol. The Bertz CT molecular complexity index is 259. The minimum absolute atomic E-state index is 0.273. The van der Waals surface area contributed by atoms with Gasteiger partial charge in [0.2, 0.25) is 5.91 Å². The highest BCUT2D eigenvalue weighted by molar-refractivity contribution is 5.78. The lowest BCUT2D eigenvalue weighted by Crippen LogP contribution is -2.41. The summed E-state index contributed by atoms with van der Waals surface area (Å²) < 4.78 is 0. The standard InChI is InChI=1S/C11H19N3O/c1-12-7-8-13(10-12)9-11(15)14-5-3-2-4-6-14/h7-8H,2-6,9-10H2,1H3. The average Bonchev–Trinajstić information content (AvgIpc) is 2.65. The van der Waals surface area contributed by atoms with E-state index in [1.807, 2.05) is 24.3 Å². The summed E-state index contributed by atoms with van der Waals surface area (Å²) in [6.07, 6.45) is 7.60. The molecule has 15 heavy (non-hydrogen) atoms. The van der Waals surface area contributed by atoms with E-state index in [0.717, 1.165) is 19.8 Å². The molecule has 0 aliphatic carbocycles. The van der Waals surface area contributed by atoms with Gasteiger partial charge >= 0.3 is 0 Å². The van der Waals surface area contributed by atoms with Gasteiger partial charge in [0, 0.05) is 32.5 Å². The van der Waals surface area contributed by atoms with Crippen LogP contribution >= 0.6 is 0 Å². The fraction of sp³-hybridized carbons (Fsp3) is 0.727. The fourth-order valence-electron chi connectivity index (χ4n) is 2.11. The van der Waals surface area contributed by atoms with Crippen LogP contribution in [0.15, 0.2) is 12.4 Å². The highest BCUT2D eigenvalue weighted by Gasteiger charge is 2.19. The number of hydrogen-bond donors (Lipinski definition) is 0. The summed E-state index contributed by atoms with van der Waals surface area (Å²) in [6.45, 7) is 3.26. The van der Waals surface area contributed by atoms with Crippen LogP contribution in [0.2, 0.25) is 0 Å². The van der Waals surface area contributed by atoms with E-state index < -0.39 is 0 Å². The van der Waals surface area contributed by atoms with Crippen molar-refractivity contribution in [1.29, 1.82) is 0 Å². The third kappa shape index (κ3) is 2.64. The van der Waals surface area contributed by atoms with E-state index in [1.165, 1.54) is 19.3 Å². The molecule has 2 rings (SSSR count). The highest BCUT2D eigenvalue weighted by Crippen LogP contribution is 2.10. The van der Waals surface area contributed by atoms with Gasteiger partial charge in [0.15, 0.2) is 0 Å². The van der Waals surface area contributed by atoms with Crippen molar-refractivity contribution >= 4 is 5.91 Å². The lowest BCUT2D eigenvalue weighted by molar-refractivity contribution is -0.132. The number of nitrogens with zero attached hydrogens (tertiary/aromatic N) is 3. The van der Waals surface area contributed by atoms with E-state index in [9.17, 15) is 4.79 Å². The van der Waals surface area contributed by atoms with Crippen molar-refractivity contribution in [1.82, 2.24) is 14.7 Å². The molecule has 1 saturated heterocycles. The number of likely N-dealkylation sites (tertiary alicyclic amines) is 1. The van der Waals surface area contributed by atoms with Crippen LogP contribution in [0.5, 0.6) is 0 Å². The number of amides is 1. The summed E-state index contributed by atoms with van der Waals surface area (Å²) in [5.74, 6) is 0.273. The van der Waals surface area contributed by atoms with Gasteiger partial charge < -0.3 is 14.7 Å². The maximum Gasteiger partial charge on any atom is 0.242 e. The van der Waals surface area contributed by atoms with Gasteiger partial charge in [0.25, 0.3) is 0 Å². The lowest BCUT2D eigenvalue weighted by atomic mass is 10.1. The van der Waals surface area contributed by atoms with Gasteiger partial charge in [-0.05, 0) is 19.3 Å². The molecule has 0 aromatic heterocycles. The Morgan fingerprint density at radius 1 is 1.20 bits per heavy atom. The van der Waals surface area contributed by atoms with Gasteiger partial charge in [-0.2, -0.15) is 0 Å². The number of carbonyl (C=O) groups is 1. The van der Waals surface area contributed by atoms with Gasteiger partial charge in [-0.15, -0.1) is 0 Å². The molecule has 2 aliphatic heterocycles. The van der Waals surface area contributed by atoms with Crippen LogP contribution in [0.4, 0.5) is 0 Å². The zero-order chi connectivity index (χ0) is 10.7. The Morgan fingerprint density at radius 2 is 1.93 bits per heavy atom. The molecule has 84 valence electrons. The third-order valence-corrected chi connectivity index (χ3v) is 2.98. The van der Waals surface area contributed by atoms with Crippen LogP contribution in [0.25, 0.3) is 0 Å². The van der Waals surface area contributed by atoms with Crippen molar-refractivity contribution in [2.45, 2.75) is 19.3 Å². The Hall–Kier alpha value is -1.19. The van der Waals surface area contributed by atoms with Gasteiger partial charge in [0.1, 0.15) is 0 Å². The Labute approximate surface area is 91.1 Å². The van der Waals surface area contributed by atoms with Crippen molar-refractivity contribution in [3.63, 3.8) is 0 Å². The first-order valence-corrected chi connectivity index (χ1v) is 5.66. The van der Waals surface area contributed by atoms with Crippen LogP contribution < -0.4 is 0 Å². The molecule has 0 N–H and O–H groups in total. The van der Waals surface area contributed by atoms with Crippen molar-refractivity contribution in [3.05, 3.63) is 12.4 Å². The number of rotatable bonds is 2. The van der Waals surface area contributed by atoms with Gasteiger partial charge in [-0.1, -0.05) is 0 Å². The van der Waals surface area contributed by atoms with Crippen LogP contribution in [0.3, 0.4) is 0 Å². The van der Waals surface area contributed by atoms with Crippen molar-refractivity contribution in [2.75, 3.05) is 33.4 Å². The van der Waals surface area contributed by atoms with Crippen LogP contribution in [0.1, 0.15) is 19.3 Å². The zero-order valence-corrected chi connectivity index (χ0v) is 9.35. The molecule has 0 saturated carbocycles. The van der Waals surface area contributed by atoms with Gasteiger partial charge in [-0.25, -0.2) is 0 Å². The molecule has 0 aromatic rings. The molecule has 1 fully saturated rings. The van der Waals surface area contributed by atoms with Gasteiger partial charge in [-0.3, -0.25) is 4.79 Å². The van der Waals surface area contributed by atoms with Crippen molar-refractivity contribution < 1.29 is 4.79 Å². The van der Waals surface area contributed by atoms with E-state index in [2.05, 4.69) is 9.80 Å². The second-order valence-corrected chi connectivity index (χ2v) is 4.38. The Kier molecular flexibility index (Phi) is 3.14. The number of piperidine rings is 1. The monoisotopic (exact) mass is 209 g/mol. The minimum Gasteiger partial charge on any atom is -0.362 e. The van der Waals surface area contributed by atoms with Crippen molar-refractivity contribution in [3.8, 4) is 0 Å². The molecule has 0 unspecified atom stereocenters. The summed E-state index contributed by atoms with van der Waals surface area (Å²) in [7, 11) is 2.02. The molecule has 0 atom stereocenters. The topological polar surface area (TPSA) is 26.8 Å². The van der Waals surface area contributed by atoms with Crippen LogP contribution in [-0.4, -0.2) is 54.0 Å². The molecule has 0 radical (unpaired) electrons. The predicted molar refractivity (Wildman–Crippen MR) is 58.9 cm³/mol. The quantitative estimate of drug-likeness (QED) is 0.669. The maximum absolute atomic E-state index is 11.9. The largest absolute Gasteiger partial charge is 0.362 e. The Balaban J connectivity index is 1.78. The van der Waals surface area contributed by atoms with Gasteiger partial charge in [0.05, 0.1) is 13.2 Å². The first-order chi connectivity index (χ1) is 7.25. The summed E-state index contributed by atoms with van der Waals surface area (Å²) in [5.41, 5.74) is 0. The van der Waals surface area contributed by atoms with Crippen molar-refractivity contribution in [2.24, 2.45) is 0 Å². The zero-order valence-electron chi connectivity index (χ0n) is 9.35. The molecule has 4 nitrogen and oxygen atoms in total. The molecule has 2 aliphatic rings. The molecular formula is C11H19N3O. The normalized spacial score (nSPS) is 21.3. The fourth-order valence-corrected chi connectivity index (χ4v) is 2.11. The van der Waals surface area contributed by atoms with E-state index in [-0.39, 0.29) is 5.91 Å². The SMILES string of the molecule is CN1C=CN(CC(=O)N2CCCCC2)C1. The number of hydrogen-bond acceptors (Lipinski definition) is 3. The first kappa shape index (κ1) is 10.3. The predicted octanol–water partition coefficient (Wildman–Crippen LogP) is 0.675. The second kappa shape index (κ2) is 4.55. The maximum atomic E-state index is 11.9. The van der Waals surface area contributed by atoms with E-state index in [1.54, 1.807) is 0 Å². The van der Waals surface area contributed by atoms with Crippen LogP contribution in [-0.2, 0) is 4.79 Å². The molecule has 1 amide bonds. The highest BCUT2D eigenvalue weighted by atomic mass is 16.2. The Morgan fingerprint density at radius 3 is 2.53 bits per heavy atom. The van der Waals surface area contributed by atoms with E-state index in [0.29, 0.717) is 6.54 Å². The average molecular weight is 209 g/mol. The lowest BCUT2D eigenvalue weighted by Gasteiger charge is -2.28. The molecule has 4 heteroatoms. The summed E-state index contributed by atoms with van der Waals surface area (Å²) >= 11 is 0. The number of carbonyl (C=O) groups excluding carboxylic acids is 1. The van der Waals surface area contributed by atoms with E-state index >= 15 is 0 Å². The van der Waals surface area contributed by atoms with E-state index in [4.69, 9.17) is 0 Å². The minimum atomic E-state index is 0.273. The molecule has 0 spiro atoms. The molecule has 0 bridgehead atoms. The summed E-state index contributed by atoms with van der Waals surface area (Å²) in [5, 5.41) is 0. The molecule has 2 heterocycles. The smallest absolute Gasteiger partial charge is 0.242 e. The summed E-state index contributed by atoms with van der Waals surface area (Å²) in [6, 6.07) is 0. The second-order valence-electron chi connectivity index (χ2n) is 4.38. The molecule has 0 aromatic carbocycles.